The standard InChI is InChI=1S/C11H6BrClN4/c12-8-2-1-7-5-15-17(10(7)3-8)9-4-11(13)16-14-6-9/h1-6H. The predicted octanol–water partition coefficient (Wildman–Crippen LogP) is 3.23. The quantitative estimate of drug-likeness (QED) is 0.693. The van der Waals surface area contributed by atoms with Gasteiger partial charge in [0.05, 0.1) is 23.6 Å². The molecule has 0 saturated heterocycles. The fraction of sp³-hybridized carbons (Fsp3) is 0. The summed E-state index contributed by atoms with van der Waals surface area (Å²) in [6.45, 7) is 0. The van der Waals surface area contributed by atoms with Gasteiger partial charge in [-0.25, -0.2) is 4.68 Å². The van der Waals surface area contributed by atoms with Gasteiger partial charge in [0.15, 0.2) is 5.15 Å². The summed E-state index contributed by atoms with van der Waals surface area (Å²) >= 11 is 9.26. The van der Waals surface area contributed by atoms with Crippen LogP contribution in [-0.2, 0) is 0 Å². The van der Waals surface area contributed by atoms with Gasteiger partial charge < -0.3 is 0 Å². The molecule has 0 bridgehead atoms. The Balaban J connectivity index is 2.27. The van der Waals surface area contributed by atoms with Crippen LogP contribution in [0.25, 0.3) is 16.6 Å². The van der Waals surface area contributed by atoms with Crippen LogP contribution >= 0.6 is 27.5 Å². The van der Waals surface area contributed by atoms with E-state index in [0.717, 1.165) is 21.1 Å². The summed E-state index contributed by atoms with van der Waals surface area (Å²) in [5.41, 5.74) is 1.78. The van der Waals surface area contributed by atoms with Gasteiger partial charge in [0.1, 0.15) is 0 Å². The fourth-order valence-electron chi connectivity index (χ4n) is 1.64. The molecule has 0 radical (unpaired) electrons. The van der Waals surface area contributed by atoms with E-state index in [9.17, 15) is 0 Å². The Morgan fingerprint density at radius 1 is 1.18 bits per heavy atom. The zero-order valence-electron chi connectivity index (χ0n) is 8.51. The molecular weight excluding hydrogens is 304 g/mol. The van der Waals surface area contributed by atoms with Crippen molar-refractivity contribution < 1.29 is 0 Å². The van der Waals surface area contributed by atoms with Crippen molar-refractivity contribution >= 4 is 38.4 Å². The molecule has 2 heterocycles. The van der Waals surface area contributed by atoms with Crippen LogP contribution in [0.1, 0.15) is 0 Å². The predicted molar refractivity (Wildman–Crippen MR) is 69.4 cm³/mol. The van der Waals surface area contributed by atoms with Crippen molar-refractivity contribution in [2.45, 2.75) is 0 Å². The molecule has 0 fully saturated rings. The average Bonchev–Trinajstić information content (AvgIpc) is 2.71. The molecule has 0 spiro atoms. The van der Waals surface area contributed by atoms with Crippen LogP contribution in [0.4, 0.5) is 0 Å². The third kappa shape index (κ3) is 1.92. The summed E-state index contributed by atoms with van der Waals surface area (Å²) in [4.78, 5) is 0. The first kappa shape index (κ1) is 10.7. The highest BCUT2D eigenvalue weighted by molar-refractivity contribution is 9.10. The van der Waals surface area contributed by atoms with Gasteiger partial charge in [-0.3, -0.25) is 0 Å². The molecule has 4 nitrogen and oxygen atoms in total. The summed E-state index contributed by atoms with van der Waals surface area (Å²) in [6.07, 6.45) is 3.43. The van der Waals surface area contributed by atoms with Crippen molar-refractivity contribution in [3.63, 3.8) is 0 Å². The third-order valence-electron chi connectivity index (χ3n) is 2.39. The lowest BCUT2D eigenvalue weighted by atomic mass is 10.2. The molecule has 1 aromatic carbocycles. The SMILES string of the molecule is Clc1cc(-n2ncc3ccc(Br)cc32)cnn1. The van der Waals surface area contributed by atoms with Crippen molar-refractivity contribution in [3.05, 3.63) is 46.3 Å². The van der Waals surface area contributed by atoms with E-state index in [1.54, 1.807) is 23.1 Å². The van der Waals surface area contributed by atoms with Gasteiger partial charge in [0.25, 0.3) is 0 Å². The first-order chi connectivity index (χ1) is 8.24. The van der Waals surface area contributed by atoms with Crippen LogP contribution < -0.4 is 0 Å². The van der Waals surface area contributed by atoms with Gasteiger partial charge in [-0.1, -0.05) is 33.6 Å². The maximum atomic E-state index is 5.82. The molecule has 0 aliphatic rings. The van der Waals surface area contributed by atoms with Gasteiger partial charge in [0, 0.05) is 15.9 Å². The second-order valence-electron chi connectivity index (χ2n) is 3.50. The summed E-state index contributed by atoms with van der Waals surface area (Å²) < 4.78 is 2.78. The molecule has 0 atom stereocenters. The highest BCUT2D eigenvalue weighted by Crippen LogP contribution is 2.22. The number of halogens is 2. The van der Waals surface area contributed by atoms with Crippen molar-refractivity contribution in [2.24, 2.45) is 0 Å². The van der Waals surface area contributed by atoms with E-state index in [4.69, 9.17) is 11.6 Å². The number of fused-ring (bicyclic) bond motifs is 1. The van der Waals surface area contributed by atoms with Crippen LogP contribution in [0.15, 0.2) is 41.1 Å². The lowest BCUT2D eigenvalue weighted by molar-refractivity contribution is 0.884. The molecule has 3 rings (SSSR count). The third-order valence-corrected chi connectivity index (χ3v) is 3.07. The Labute approximate surface area is 110 Å². The van der Waals surface area contributed by atoms with E-state index >= 15 is 0 Å². The summed E-state index contributed by atoms with van der Waals surface area (Å²) in [7, 11) is 0. The second-order valence-corrected chi connectivity index (χ2v) is 4.80. The van der Waals surface area contributed by atoms with E-state index < -0.39 is 0 Å². The largest absolute Gasteiger partial charge is 0.231 e. The topological polar surface area (TPSA) is 43.6 Å². The minimum atomic E-state index is 0.348. The Hall–Kier alpha value is -1.46. The van der Waals surface area contributed by atoms with Crippen LogP contribution in [-0.4, -0.2) is 20.0 Å². The second kappa shape index (κ2) is 4.09. The van der Waals surface area contributed by atoms with E-state index in [0.29, 0.717) is 5.15 Å². The number of hydrogen-bond donors (Lipinski definition) is 0. The lowest BCUT2D eigenvalue weighted by Crippen LogP contribution is -1.97. The van der Waals surface area contributed by atoms with Crippen LogP contribution in [0.5, 0.6) is 0 Å². The van der Waals surface area contributed by atoms with E-state index in [2.05, 4.69) is 31.2 Å². The van der Waals surface area contributed by atoms with Gasteiger partial charge in [-0.15, -0.1) is 5.10 Å². The molecular formula is C11H6BrClN4. The Morgan fingerprint density at radius 3 is 2.88 bits per heavy atom. The molecule has 0 aliphatic heterocycles. The number of benzene rings is 1. The van der Waals surface area contributed by atoms with Gasteiger partial charge in [-0.05, 0) is 12.1 Å². The Kier molecular flexibility index (Phi) is 2.57. The maximum Gasteiger partial charge on any atom is 0.153 e. The highest BCUT2D eigenvalue weighted by Gasteiger charge is 2.06. The van der Waals surface area contributed by atoms with Crippen LogP contribution in [0.3, 0.4) is 0 Å². The molecule has 6 heteroatoms. The van der Waals surface area contributed by atoms with Gasteiger partial charge >= 0.3 is 0 Å². The summed E-state index contributed by atoms with van der Waals surface area (Å²) in [6, 6.07) is 7.70. The van der Waals surface area contributed by atoms with Crippen molar-refractivity contribution in [1.29, 1.82) is 0 Å². The molecule has 0 amide bonds. The maximum absolute atomic E-state index is 5.82. The number of rotatable bonds is 1. The molecule has 84 valence electrons. The zero-order chi connectivity index (χ0) is 11.8. The Morgan fingerprint density at radius 2 is 2.06 bits per heavy atom. The number of nitrogens with zero attached hydrogens (tertiary/aromatic N) is 4. The zero-order valence-corrected chi connectivity index (χ0v) is 10.9. The normalized spacial score (nSPS) is 10.9. The molecule has 0 unspecified atom stereocenters. The molecule has 0 saturated carbocycles. The van der Waals surface area contributed by atoms with Crippen molar-refractivity contribution in [2.75, 3.05) is 0 Å². The van der Waals surface area contributed by atoms with Gasteiger partial charge in [0.2, 0.25) is 0 Å². The number of hydrogen-bond acceptors (Lipinski definition) is 3. The molecule has 2 aromatic heterocycles. The fourth-order valence-corrected chi connectivity index (χ4v) is 2.15. The first-order valence-corrected chi connectivity index (χ1v) is 6.03. The van der Waals surface area contributed by atoms with E-state index in [1.165, 1.54) is 0 Å². The molecule has 0 N–H and O–H groups in total. The molecule has 17 heavy (non-hydrogen) atoms. The highest BCUT2D eigenvalue weighted by atomic mass is 79.9. The number of aromatic nitrogens is 4. The van der Waals surface area contributed by atoms with E-state index in [-0.39, 0.29) is 0 Å². The Bertz CT molecular complexity index is 695. The van der Waals surface area contributed by atoms with E-state index in [1.807, 2.05) is 18.2 Å². The van der Waals surface area contributed by atoms with Crippen molar-refractivity contribution in [3.8, 4) is 5.69 Å². The van der Waals surface area contributed by atoms with Gasteiger partial charge in [-0.2, -0.15) is 10.2 Å². The minimum absolute atomic E-state index is 0.348. The molecule has 0 aliphatic carbocycles. The molecule has 3 aromatic rings. The first-order valence-electron chi connectivity index (χ1n) is 4.86. The lowest BCUT2D eigenvalue weighted by Gasteiger charge is -2.02. The summed E-state index contributed by atoms with van der Waals surface area (Å²) in [5.74, 6) is 0. The summed E-state index contributed by atoms with van der Waals surface area (Å²) in [5, 5.41) is 13.2. The van der Waals surface area contributed by atoms with Crippen LogP contribution in [0, 0.1) is 0 Å². The minimum Gasteiger partial charge on any atom is -0.231 e. The van der Waals surface area contributed by atoms with Crippen molar-refractivity contribution in [1.82, 2.24) is 20.0 Å². The van der Waals surface area contributed by atoms with Crippen LogP contribution in [0.2, 0.25) is 5.15 Å². The average molecular weight is 310 g/mol. The smallest absolute Gasteiger partial charge is 0.153 e. The monoisotopic (exact) mass is 308 g/mol.